The molecule has 0 unspecified atom stereocenters. The fourth-order valence-electron chi connectivity index (χ4n) is 2.82. The van der Waals surface area contributed by atoms with Crippen molar-refractivity contribution in [3.63, 3.8) is 0 Å². The summed E-state index contributed by atoms with van der Waals surface area (Å²) in [6.07, 6.45) is 0. The van der Waals surface area contributed by atoms with Gasteiger partial charge in [0.15, 0.2) is 0 Å². The number of carbonyl (C=O) groups is 2. The standard InChI is InChI=1S/C17H18N2O2S/c1-13(20)18-8-9-19(17(21)15-7-10-22-12-15)16(11-18)14-5-3-2-4-6-14/h2-7,10,12,16H,8-9,11H2,1H3/t16-/m1/s1. The van der Waals surface area contributed by atoms with Crippen LogP contribution in [-0.2, 0) is 4.79 Å². The fraction of sp³-hybridized carbons (Fsp3) is 0.294. The summed E-state index contributed by atoms with van der Waals surface area (Å²) in [6, 6.07) is 11.7. The minimum absolute atomic E-state index is 0.0401. The third-order valence-electron chi connectivity index (χ3n) is 4.04. The molecule has 22 heavy (non-hydrogen) atoms. The number of amides is 2. The average Bonchev–Trinajstić information content (AvgIpc) is 3.09. The molecule has 1 fully saturated rings. The molecule has 0 radical (unpaired) electrons. The van der Waals surface area contributed by atoms with Crippen molar-refractivity contribution >= 4 is 23.2 Å². The van der Waals surface area contributed by atoms with E-state index in [1.807, 2.05) is 57.0 Å². The SMILES string of the molecule is CC(=O)N1CCN(C(=O)c2ccsc2)[C@@H](c2ccccc2)C1. The summed E-state index contributed by atoms with van der Waals surface area (Å²) in [6.45, 7) is 3.29. The molecule has 2 amide bonds. The zero-order valence-electron chi connectivity index (χ0n) is 12.4. The summed E-state index contributed by atoms with van der Waals surface area (Å²) in [4.78, 5) is 28.2. The second-order valence-electron chi connectivity index (χ2n) is 5.40. The highest BCUT2D eigenvalue weighted by atomic mass is 32.1. The van der Waals surface area contributed by atoms with Crippen LogP contribution in [0.1, 0.15) is 28.9 Å². The number of nitrogens with zero attached hydrogens (tertiary/aromatic N) is 2. The van der Waals surface area contributed by atoms with E-state index >= 15 is 0 Å². The van der Waals surface area contributed by atoms with Crippen molar-refractivity contribution in [2.45, 2.75) is 13.0 Å². The van der Waals surface area contributed by atoms with E-state index in [1.165, 1.54) is 11.3 Å². The highest BCUT2D eigenvalue weighted by molar-refractivity contribution is 7.08. The van der Waals surface area contributed by atoms with Gasteiger partial charge in [0.2, 0.25) is 5.91 Å². The van der Waals surface area contributed by atoms with Gasteiger partial charge in [-0.25, -0.2) is 0 Å². The maximum atomic E-state index is 12.8. The van der Waals surface area contributed by atoms with E-state index in [9.17, 15) is 9.59 Å². The lowest BCUT2D eigenvalue weighted by atomic mass is 10.0. The third kappa shape index (κ3) is 2.90. The number of rotatable bonds is 2. The molecule has 1 aliphatic heterocycles. The third-order valence-corrected chi connectivity index (χ3v) is 4.72. The summed E-state index contributed by atoms with van der Waals surface area (Å²) < 4.78 is 0. The number of hydrogen-bond donors (Lipinski definition) is 0. The molecule has 0 saturated carbocycles. The molecule has 0 N–H and O–H groups in total. The molecule has 1 saturated heterocycles. The van der Waals surface area contributed by atoms with Gasteiger partial charge in [0.25, 0.3) is 5.91 Å². The van der Waals surface area contributed by atoms with Crippen molar-refractivity contribution in [3.8, 4) is 0 Å². The molecule has 2 aromatic rings. The predicted octanol–water partition coefficient (Wildman–Crippen LogP) is 2.79. The van der Waals surface area contributed by atoms with Crippen LogP contribution in [0.4, 0.5) is 0 Å². The highest BCUT2D eigenvalue weighted by Crippen LogP contribution is 2.27. The summed E-state index contributed by atoms with van der Waals surface area (Å²) in [5, 5.41) is 3.79. The molecule has 1 aromatic carbocycles. The van der Waals surface area contributed by atoms with E-state index in [4.69, 9.17) is 0 Å². The minimum atomic E-state index is -0.0914. The Morgan fingerprint density at radius 3 is 2.55 bits per heavy atom. The van der Waals surface area contributed by atoms with E-state index in [-0.39, 0.29) is 17.9 Å². The zero-order valence-corrected chi connectivity index (χ0v) is 13.3. The summed E-state index contributed by atoms with van der Waals surface area (Å²) in [5.74, 6) is 0.0990. The topological polar surface area (TPSA) is 40.6 Å². The Morgan fingerprint density at radius 1 is 1.14 bits per heavy atom. The van der Waals surface area contributed by atoms with Crippen LogP contribution in [0.25, 0.3) is 0 Å². The first kappa shape index (κ1) is 14.8. The van der Waals surface area contributed by atoms with Crippen molar-refractivity contribution < 1.29 is 9.59 Å². The van der Waals surface area contributed by atoms with Crippen LogP contribution >= 0.6 is 11.3 Å². The van der Waals surface area contributed by atoms with Gasteiger partial charge in [-0.15, -0.1) is 0 Å². The molecule has 4 nitrogen and oxygen atoms in total. The van der Waals surface area contributed by atoms with Gasteiger partial charge in [-0.2, -0.15) is 11.3 Å². The van der Waals surface area contributed by atoms with Gasteiger partial charge in [-0.3, -0.25) is 9.59 Å². The summed E-state index contributed by atoms with van der Waals surface area (Å²) >= 11 is 1.52. The highest BCUT2D eigenvalue weighted by Gasteiger charge is 2.32. The molecule has 3 rings (SSSR count). The second-order valence-corrected chi connectivity index (χ2v) is 6.18. The fourth-order valence-corrected chi connectivity index (χ4v) is 3.45. The molecule has 5 heteroatoms. The predicted molar refractivity (Wildman–Crippen MR) is 86.8 cm³/mol. The van der Waals surface area contributed by atoms with Gasteiger partial charge in [-0.1, -0.05) is 30.3 Å². The lowest BCUT2D eigenvalue weighted by Gasteiger charge is -2.41. The number of benzene rings is 1. The van der Waals surface area contributed by atoms with Gasteiger partial charge >= 0.3 is 0 Å². The Kier molecular flexibility index (Phi) is 4.24. The number of piperazine rings is 1. The molecule has 0 spiro atoms. The van der Waals surface area contributed by atoms with Gasteiger partial charge in [0, 0.05) is 31.9 Å². The van der Waals surface area contributed by atoms with E-state index in [0.29, 0.717) is 19.6 Å². The van der Waals surface area contributed by atoms with Crippen molar-refractivity contribution in [1.29, 1.82) is 0 Å². The Labute approximate surface area is 134 Å². The molecule has 1 atom stereocenters. The van der Waals surface area contributed by atoms with Crippen molar-refractivity contribution in [1.82, 2.24) is 9.80 Å². The maximum absolute atomic E-state index is 12.8. The smallest absolute Gasteiger partial charge is 0.255 e. The van der Waals surface area contributed by atoms with Crippen molar-refractivity contribution in [3.05, 3.63) is 58.3 Å². The van der Waals surface area contributed by atoms with Crippen molar-refractivity contribution in [2.24, 2.45) is 0 Å². The maximum Gasteiger partial charge on any atom is 0.255 e. The van der Waals surface area contributed by atoms with Crippen molar-refractivity contribution in [2.75, 3.05) is 19.6 Å². The van der Waals surface area contributed by atoms with Crippen LogP contribution < -0.4 is 0 Å². The van der Waals surface area contributed by atoms with E-state index in [0.717, 1.165) is 11.1 Å². The molecule has 2 heterocycles. The van der Waals surface area contributed by atoms with Crippen LogP contribution in [0, 0.1) is 0 Å². The van der Waals surface area contributed by atoms with Crippen LogP contribution in [0.5, 0.6) is 0 Å². The Morgan fingerprint density at radius 2 is 1.91 bits per heavy atom. The van der Waals surface area contributed by atoms with Gasteiger partial charge < -0.3 is 9.80 Å². The Hall–Kier alpha value is -2.14. The molecule has 0 bridgehead atoms. The summed E-state index contributed by atoms with van der Waals surface area (Å²) in [7, 11) is 0. The monoisotopic (exact) mass is 314 g/mol. The second kappa shape index (κ2) is 6.32. The lowest BCUT2D eigenvalue weighted by Crippen LogP contribution is -2.51. The lowest BCUT2D eigenvalue weighted by molar-refractivity contribution is -0.131. The van der Waals surface area contributed by atoms with Gasteiger partial charge in [-0.05, 0) is 17.0 Å². The number of hydrogen-bond acceptors (Lipinski definition) is 3. The average molecular weight is 314 g/mol. The van der Waals surface area contributed by atoms with Crippen LogP contribution in [0.15, 0.2) is 47.2 Å². The Bertz CT molecular complexity index is 655. The zero-order chi connectivity index (χ0) is 15.5. The molecular formula is C17H18N2O2S. The van der Waals surface area contributed by atoms with E-state index < -0.39 is 0 Å². The van der Waals surface area contributed by atoms with E-state index in [1.54, 1.807) is 6.92 Å². The molecule has 114 valence electrons. The van der Waals surface area contributed by atoms with Gasteiger partial charge in [0.1, 0.15) is 0 Å². The van der Waals surface area contributed by atoms with Gasteiger partial charge in [0.05, 0.1) is 11.6 Å². The van der Waals surface area contributed by atoms with Crippen LogP contribution in [0.3, 0.4) is 0 Å². The number of carbonyl (C=O) groups excluding carboxylic acids is 2. The first-order chi connectivity index (χ1) is 10.7. The Balaban J connectivity index is 1.90. The largest absolute Gasteiger partial charge is 0.339 e. The van der Waals surface area contributed by atoms with Crippen LogP contribution in [-0.4, -0.2) is 41.2 Å². The van der Waals surface area contributed by atoms with E-state index in [2.05, 4.69) is 0 Å². The summed E-state index contributed by atoms with van der Waals surface area (Å²) in [5.41, 5.74) is 1.79. The minimum Gasteiger partial charge on any atom is -0.339 e. The quantitative estimate of drug-likeness (QED) is 0.855. The number of thiophene rings is 1. The first-order valence-electron chi connectivity index (χ1n) is 7.30. The molecular weight excluding hydrogens is 296 g/mol. The molecule has 0 aliphatic carbocycles. The molecule has 1 aliphatic rings. The van der Waals surface area contributed by atoms with Crippen LogP contribution in [0.2, 0.25) is 0 Å². The first-order valence-corrected chi connectivity index (χ1v) is 8.24. The normalized spacial score (nSPS) is 18.3. The molecule has 1 aromatic heterocycles.